The minimum atomic E-state index is -0.0338. The van der Waals surface area contributed by atoms with Crippen molar-refractivity contribution in [2.45, 2.75) is 45.3 Å². The van der Waals surface area contributed by atoms with Gasteiger partial charge in [-0.3, -0.25) is 10.2 Å². The molecule has 23 heavy (non-hydrogen) atoms. The number of nitrogens with one attached hydrogen (secondary N) is 3. The average Bonchev–Trinajstić information content (AvgIpc) is 3.15. The van der Waals surface area contributed by atoms with Gasteiger partial charge in [0.05, 0.1) is 6.17 Å². The Kier molecular flexibility index (Phi) is 4.68. The molecule has 1 fully saturated rings. The third kappa shape index (κ3) is 4.14. The molecule has 2 heterocycles. The molecule has 2 aromatic rings. The lowest BCUT2D eigenvalue weighted by Gasteiger charge is -2.11. The number of nitrogens with zero attached hydrogens (tertiary/aromatic N) is 2. The lowest BCUT2D eigenvalue weighted by molar-refractivity contribution is -0.122. The monoisotopic (exact) mass is 315 g/mol. The number of benzene rings is 1. The van der Waals surface area contributed by atoms with Crippen LogP contribution in [0.1, 0.15) is 31.2 Å². The topological polar surface area (TPSA) is 92.1 Å². The molecule has 0 spiro atoms. The highest BCUT2D eigenvalue weighted by atomic mass is 16.4. The van der Waals surface area contributed by atoms with E-state index in [-0.39, 0.29) is 12.1 Å². The van der Waals surface area contributed by atoms with Crippen molar-refractivity contribution in [1.29, 1.82) is 0 Å². The Morgan fingerprint density at radius 1 is 1.30 bits per heavy atom. The Morgan fingerprint density at radius 2 is 2.09 bits per heavy atom. The molecule has 0 saturated carbocycles. The van der Waals surface area contributed by atoms with Crippen LogP contribution in [-0.2, 0) is 11.2 Å². The van der Waals surface area contributed by atoms with Crippen molar-refractivity contribution in [2.75, 3.05) is 0 Å². The molecule has 7 nitrogen and oxygen atoms in total. The van der Waals surface area contributed by atoms with Crippen LogP contribution in [-0.4, -0.2) is 28.3 Å². The molecule has 1 amide bonds. The maximum absolute atomic E-state index is 11.9. The minimum Gasteiger partial charge on any atom is -0.421 e. The van der Waals surface area contributed by atoms with E-state index in [0.29, 0.717) is 30.7 Å². The zero-order valence-corrected chi connectivity index (χ0v) is 13.3. The third-order valence-electron chi connectivity index (χ3n) is 3.76. The van der Waals surface area contributed by atoms with Crippen LogP contribution in [0.25, 0.3) is 11.5 Å². The predicted molar refractivity (Wildman–Crippen MR) is 85.1 cm³/mol. The van der Waals surface area contributed by atoms with Gasteiger partial charge in [0.2, 0.25) is 17.7 Å². The van der Waals surface area contributed by atoms with Crippen molar-refractivity contribution in [3.05, 3.63) is 35.7 Å². The second kappa shape index (κ2) is 6.89. The highest BCUT2D eigenvalue weighted by Gasteiger charge is 2.21. The summed E-state index contributed by atoms with van der Waals surface area (Å²) in [4.78, 5) is 11.9. The summed E-state index contributed by atoms with van der Waals surface area (Å²) in [6.45, 7) is 4.08. The van der Waals surface area contributed by atoms with Gasteiger partial charge in [0, 0.05) is 24.4 Å². The first-order valence-corrected chi connectivity index (χ1v) is 7.80. The molecule has 2 unspecified atom stereocenters. The smallest absolute Gasteiger partial charge is 0.247 e. The fourth-order valence-electron chi connectivity index (χ4n) is 2.46. The van der Waals surface area contributed by atoms with Gasteiger partial charge in [-0.1, -0.05) is 17.7 Å². The summed E-state index contributed by atoms with van der Waals surface area (Å²) in [6, 6.07) is 8.23. The van der Waals surface area contributed by atoms with Crippen LogP contribution in [0, 0.1) is 6.92 Å². The van der Waals surface area contributed by atoms with Gasteiger partial charge in [-0.15, -0.1) is 10.2 Å². The maximum Gasteiger partial charge on any atom is 0.247 e. The molecule has 2 atom stereocenters. The van der Waals surface area contributed by atoms with Crippen molar-refractivity contribution in [2.24, 2.45) is 0 Å². The van der Waals surface area contributed by atoms with Crippen LogP contribution in [0.4, 0.5) is 0 Å². The summed E-state index contributed by atoms with van der Waals surface area (Å²) in [5.74, 6) is 0.922. The Balaban J connectivity index is 1.51. The van der Waals surface area contributed by atoms with Gasteiger partial charge in [-0.05, 0) is 32.4 Å². The molecule has 1 aromatic heterocycles. The predicted octanol–water partition coefficient (Wildman–Crippen LogP) is 1.31. The molecule has 7 heteroatoms. The van der Waals surface area contributed by atoms with Crippen LogP contribution in [0.15, 0.2) is 28.7 Å². The fourth-order valence-corrected chi connectivity index (χ4v) is 2.46. The normalized spacial score (nSPS) is 20.6. The number of carbonyl (C=O) groups is 1. The molecule has 3 N–H and O–H groups in total. The van der Waals surface area contributed by atoms with E-state index in [2.05, 4.69) is 33.3 Å². The molecule has 0 radical (unpaired) electrons. The highest BCUT2D eigenvalue weighted by molar-refractivity contribution is 5.76. The van der Waals surface area contributed by atoms with Crippen LogP contribution < -0.4 is 16.2 Å². The van der Waals surface area contributed by atoms with E-state index >= 15 is 0 Å². The van der Waals surface area contributed by atoms with Gasteiger partial charge >= 0.3 is 0 Å². The highest BCUT2D eigenvalue weighted by Crippen LogP contribution is 2.18. The van der Waals surface area contributed by atoms with E-state index in [1.54, 1.807) is 0 Å². The van der Waals surface area contributed by atoms with Crippen molar-refractivity contribution < 1.29 is 9.21 Å². The van der Waals surface area contributed by atoms with Gasteiger partial charge in [0.1, 0.15) is 0 Å². The number of hydrogen-bond donors (Lipinski definition) is 3. The van der Waals surface area contributed by atoms with E-state index in [4.69, 9.17) is 4.42 Å². The van der Waals surface area contributed by atoms with Crippen molar-refractivity contribution >= 4 is 5.91 Å². The molecule has 1 aliphatic rings. The van der Waals surface area contributed by atoms with Gasteiger partial charge in [0.15, 0.2) is 0 Å². The van der Waals surface area contributed by atoms with Crippen molar-refractivity contribution in [3.63, 3.8) is 0 Å². The number of amides is 1. The SMILES string of the molecule is Cc1ccc(-c2nnc(CCC(=O)NC3CC(C)NN3)o2)cc1. The second-order valence-corrected chi connectivity index (χ2v) is 5.91. The minimum absolute atomic E-state index is 0.0247. The second-order valence-electron chi connectivity index (χ2n) is 5.91. The molecule has 1 saturated heterocycles. The summed E-state index contributed by atoms with van der Waals surface area (Å²) < 4.78 is 5.62. The standard InChI is InChI=1S/C16H21N5O2/c1-10-3-5-12(6-4-10)16-21-20-15(23-16)8-7-14(22)17-13-9-11(2)18-19-13/h3-6,11,13,18-19H,7-9H2,1-2H3,(H,17,22). The van der Waals surface area contributed by atoms with E-state index in [1.165, 1.54) is 5.56 Å². The summed E-state index contributed by atoms with van der Waals surface area (Å²) >= 11 is 0. The lowest BCUT2D eigenvalue weighted by Crippen LogP contribution is -2.44. The van der Waals surface area contributed by atoms with E-state index < -0.39 is 0 Å². The van der Waals surface area contributed by atoms with Crippen LogP contribution in [0.3, 0.4) is 0 Å². The Morgan fingerprint density at radius 3 is 2.78 bits per heavy atom. The van der Waals surface area contributed by atoms with Gasteiger partial charge in [0.25, 0.3) is 0 Å². The fraction of sp³-hybridized carbons (Fsp3) is 0.438. The molecule has 122 valence electrons. The first-order valence-electron chi connectivity index (χ1n) is 7.80. The summed E-state index contributed by atoms with van der Waals surface area (Å²) in [7, 11) is 0. The molecule has 1 aromatic carbocycles. The largest absolute Gasteiger partial charge is 0.421 e. The zero-order valence-electron chi connectivity index (χ0n) is 13.3. The maximum atomic E-state index is 11.9. The van der Waals surface area contributed by atoms with Crippen LogP contribution >= 0.6 is 0 Å². The molecular formula is C16H21N5O2. The number of aryl methyl sites for hydroxylation is 2. The molecule has 3 rings (SSSR count). The van der Waals surface area contributed by atoms with E-state index in [0.717, 1.165) is 12.0 Å². The first kappa shape index (κ1) is 15.6. The molecule has 1 aliphatic heterocycles. The Bertz CT molecular complexity index is 667. The molecular weight excluding hydrogens is 294 g/mol. The van der Waals surface area contributed by atoms with E-state index in [9.17, 15) is 4.79 Å². The van der Waals surface area contributed by atoms with Gasteiger partial charge < -0.3 is 9.73 Å². The van der Waals surface area contributed by atoms with Crippen molar-refractivity contribution in [1.82, 2.24) is 26.4 Å². The number of aromatic nitrogens is 2. The first-order chi connectivity index (χ1) is 11.1. The average molecular weight is 315 g/mol. The van der Waals surface area contributed by atoms with Gasteiger partial charge in [-0.25, -0.2) is 5.43 Å². The summed E-state index contributed by atoms with van der Waals surface area (Å²) in [5, 5.41) is 11.0. The summed E-state index contributed by atoms with van der Waals surface area (Å²) in [5.41, 5.74) is 8.16. The third-order valence-corrected chi connectivity index (χ3v) is 3.76. The number of rotatable bonds is 5. The van der Waals surface area contributed by atoms with Crippen LogP contribution in [0.5, 0.6) is 0 Å². The number of hydrogen-bond acceptors (Lipinski definition) is 6. The number of carbonyl (C=O) groups excluding carboxylic acids is 1. The van der Waals surface area contributed by atoms with Crippen LogP contribution in [0.2, 0.25) is 0 Å². The van der Waals surface area contributed by atoms with Gasteiger partial charge in [-0.2, -0.15) is 0 Å². The quantitative estimate of drug-likeness (QED) is 0.770. The Hall–Kier alpha value is -2.25. The van der Waals surface area contributed by atoms with E-state index in [1.807, 2.05) is 31.2 Å². The summed E-state index contributed by atoms with van der Waals surface area (Å²) in [6.07, 6.45) is 1.59. The number of hydrazine groups is 1. The zero-order chi connectivity index (χ0) is 16.2. The van der Waals surface area contributed by atoms with Crippen molar-refractivity contribution in [3.8, 4) is 11.5 Å². The molecule has 0 aliphatic carbocycles. The lowest BCUT2D eigenvalue weighted by atomic mass is 10.1. The molecule has 0 bridgehead atoms. The Labute approximate surface area is 134 Å².